The number of nitrogens with zero attached hydrogens (tertiary/aromatic N) is 2. The average molecular weight is 485 g/mol. The van der Waals surface area contributed by atoms with Gasteiger partial charge in [-0.2, -0.15) is 0 Å². The molecule has 2 heterocycles. The summed E-state index contributed by atoms with van der Waals surface area (Å²) in [5.41, 5.74) is 0.307. The van der Waals surface area contributed by atoms with Crippen LogP contribution in [0.4, 0.5) is 5.69 Å². The zero-order valence-corrected chi connectivity index (χ0v) is 17.2. The fraction of sp³-hybridized carbons (Fsp3) is 0.389. The van der Waals surface area contributed by atoms with Gasteiger partial charge < -0.3 is 5.32 Å². The second-order valence-corrected chi connectivity index (χ2v) is 8.65. The highest BCUT2D eigenvalue weighted by Gasteiger charge is 2.22. The van der Waals surface area contributed by atoms with Crippen molar-refractivity contribution in [2.24, 2.45) is 5.92 Å². The molecule has 26 heavy (non-hydrogen) atoms. The van der Waals surface area contributed by atoms with E-state index < -0.39 is 4.92 Å². The van der Waals surface area contributed by atoms with Crippen molar-refractivity contribution >= 4 is 45.5 Å². The number of carbonyl (C=O) groups is 1. The lowest BCUT2D eigenvalue weighted by Crippen LogP contribution is -2.40. The van der Waals surface area contributed by atoms with Gasteiger partial charge in [0, 0.05) is 40.2 Å². The number of rotatable bonds is 6. The Morgan fingerprint density at radius 3 is 3.00 bits per heavy atom. The zero-order chi connectivity index (χ0) is 18.5. The number of carbonyl (C=O) groups excluding carboxylic acids is 1. The molecule has 138 valence electrons. The molecule has 3 rings (SSSR count). The number of thiophene rings is 1. The maximum atomic E-state index is 12.5. The van der Waals surface area contributed by atoms with E-state index in [1.165, 1.54) is 17.0 Å². The van der Waals surface area contributed by atoms with Gasteiger partial charge in [0.1, 0.15) is 0 Å². The van der Waals surface area contributed by atoms with Gasteiger partial charge in [-0.3, -0.25) is 19.8 Å². The molecule has 6 nitrogen and oxygen atoms in total. The minimum absolute atomic E-state index is 0.0599. The fourth-order valence-electron chi connectivity index (χ4n) is 3.22. The van der Waals surface area contributed by atoms with E-state index in [0.717, 1.165) is 32.5 Å². The third-order valence-corrected chi connectivity index (χ3v) is 6.32. The van der Waals surface area contributed by atoms with Crippen LogP contribution in [0.25, 0.3) is 0 Å². The van der Waals surface area contributed by atoms with Crippen molar-refractivity contribution in [2.45, 2.75) is 19.4 Å². The van der Waals surface area contributed by atoms with E-state index in [-0.39, 0.29) is 11.6 Å². The van der Waals surface area contributed by atoms with Crippen LogP contribution in [0, 0.1) is 19.6 Å². The van der Waals surface area contributed by atoms with Crippen molar-refractivity contribution < 1.29 is 9.72 Å². The van der Waals surface area contributed by atoms with Crippen molar-refractivity contribution in [3.8, 4) is 0 Å². The van der Waals surface area contributed by atoms with Crippen LogP contribution in [0.5, 0.6) is 0 Å². The van der Waals surface area contributed by atoms with Crippen molar-refractivity contribution in [3.05, 3.63) is 59.8 Å². The van der Waals surface area contributed by atoms with E-state index in [0.29, 0.717) is 21.6 Å². The Hall–Kier alpha value is -1.52. The first-order valence-electron chi connectivity index (χ1n) is 8.50. The summed E-state index contributed by atoms with van der Waals surface area (Å²) >= 11 is 3.81. The molecule has 0 spiro atoms. The number of nitrogens with one attached hydrogen (secondary N) is 1. The number of nitro benzene ring substituents is 1. The topological polar surface area (TPSA) is 75.5 Å². The van der Waals surface area contributed by atoms with Gasteiger partial charge >= 0.3 is 0 Å². The Morgan fingerprint density at radius 1 is 1.42 bits per heavy atom. The molecule has 1 aliphatic heterocycles. The van der Waals surface area contributed by atoms with Gasteiger partial charge in [0.2, 0.25) is 0 Å². The third kappa shape index (κ3) is 5.01. The smallest absolute Gasteiger partial charge is 0.270 e. The number of nitro groups is 1. The molecule has 1 fully saturated rings. The molecule has 1 aromatic carbocycles. The SMILES string of the molecule is O=C(NCC1CCCN(Cc2cccs2)C1)c1cc([N+](=O)[O-])ccc1I. The monoisotopic (exact) mass is 485 g/mol. The van der Waals surface area contributed by atoms with Crippen molar-refractivity contribution in [1.82, 2.24) is 10.2 Å². The number of hydrogen-bond acceptors (Lipinski definition) is 5. The zero-order valence-electron chi connectivity index (χ0n) is 14.2. The molecule has 1 aliphatic rings. The Kier molecular flexibility index (Phi) is 6.60. The Balaban J connectivity index is 1.55. The van der Waals surface area contributed by atoms with Crippen LogP contribution >= 0.6 is 33.9 Å². The predicted octanol–water partition coefficient (Wildman–Crippen LogP) is 3.90. The van der Waals surface area contributed by atoms with E-state index in [4.69, 9.17) is 0 Å². The molecule has 1 unspecified atom stereocenters. The summed E-state index contributed by atoms with van der Waals surface area (Å²) in [7, 11) is 0. The van der Waals surface area contributed by atoms with Crippen molar-refractivity contribution in [1.29, 1.82) is 0 Å². The third-order valence-electron chi connectivity index (χ3n) is 4.52. The van der Waals surface area contributed by atoms with Crippen molar-refractivity contribution in [3.63, 3.8) is 0 Å². The molecular formula is C18H20IN3O3S. The number of amides is 1. The highest BCUT2D eigenvalue weighted by molar-refractivity contribution is 14.1. The molecule has 0 aliphatic carbocycles. The first-order valence-corrected chi connectivity index (χ1v) is 10.5. The number of halogens is 1. The van der Waals surface area contributed by atoms with Crippen LogP contribution in [-0.2, 0) is 6.54 Å². The Labute approximate surface area is 169 Å². The molecule has 2 aromatic rings. The molecule has 0 radical (unpaired) electrons. The van der Waals surface area contributed by atoms with E-state index in [9.17, 15) is 14.9 Å². The summed E-state index contributed by atoms with van der Waals surface area (Å²) < 4.78 is 0.716. The van der Waals surface area contributed by atoms with Crippen LogP contribution in [-0.4, -0.2) is 35.4 Å². The van der Waals surface area contributed by atoms with Crippen molar-refractivity contribution in [2.75, 3.05) is 19.6 Å². The van der Waals surface area contributed by atoms with E-state index >= 15 is 0 Å². The van der Waals surface area contributed by atoms with Crippen LogP contribution < -0.4 is 5.32 Å². The maximum absolute atomic E-state index is 12.5. The summed E-state index contributed by atoms with van der Waals surface area (Å²) in [6.45, 7) is 3.61. The number of piperidine rings is 1. The van der Waals surface area contributed by atoms with Crippen LogP contribution in [0.3, 0.4) is 0 Å². The number of hydrogen-bond donors (Lipinski definition) is 1. The van der Waals surface area contributed by atoms with Gasteiger partial charge in [-0.05, 0) is 65.4 Å². The number of benzene rings is 1. The van der Waals surface area contributed by atoms with Gasteiger partial charge in [0.05, 0.1) is 10.5 Å². The second kappa shape index (κ2) is 8.92. The van der Waals surface area contributed by atoms with Gasteiger partial charge in [-0.15, -0.1) is 11.3 Å². The Morgan fingerprint density at radius 2 is 2.27 bits per heavy atom. The number of likely N-dealkylation sites (tertiary alicyclic amines) is 1. The van der Waals surface area contributed by atoms with Crippen LogP contribution in [0.2, 0.25) is 0 Å². The van der Waals surface area contributed by atoms with E-state index in [2.05, 4.69) is 27.7 Å². The van der Waals surface area contributed by atoms with E-state index in [1.807, 2.05) is 22.6 Å². The molecule has 0 saturated carbocycles. The Bertz CT molecular complexity index is 782. The maximum Gasteiger partial charge on any atom is 0.270 e. The summed E-state index contributed by atoms with van der Waals surface area (Å²) in [5.74, 6) is 0.164. The average Bonchev–Trinajstić information content (AvgIpc) is 3.13. The van der Waals surface area contributed by atoms with Gasteiger partial charge in [-0.25, -0.2) is 0 Å². The molecule has 1 aromatic heterocycles. The molecule has 1 atom stereocenters. The summed E-state index contributed by atoms with van der Waals surface area (Å²) in [6.07, 6.45) is 2.22. The normalized spacial score (nSPS) is 17.8. The second-order valence-electron chi connectivity index (χ2n) is 6.45. The summed E-state index contributed by atoms with van der Waals surface area (Å²) in [4.78, 5) is 26.7. The summed E-state index contributed by atoms with van der Waals surface area (Å²) in [5, 5.41) is 16.0. The molecular weight excluding hydrogens is 465 g/mol. The molecule has 1 N–H and O–H groups in total. The highest BCUT2D eigenvalue weighted by Crippen LogP contribution is 2.22. The lowest BCUT2D eigenvalue weighted by molar-refractivity contribution is -0.384. The van der Waals surface area contributed by atoms with Crippen LogP contribution in [0.1, 0.15) is 28.1 Å². The molecule has 1 saturated heterocycles. The largest absolute Gasteiger partial charge is 0.352 e. The summed E-state index contributed by atoms with van der Waals surface area (Å²) in [6, 6.07) is 8.60. The van der Waals surface area contributed by atoms with Gasteiger partial charge in [-0.1, -0.05) is 6.07 Å². The first-order chi connectivity index (χ1) is 12.5. The standard InChI is InChI=1S/C18H20IN3O3S/c19-17-6-5-14(22(24)25)9-16(17)18(23)20-10-13-3-1-7-21(11-13)12-15-4-2-8-26-15/h2,4-6,8-9,13H,1,3,7,10-12H2,(H,20,23). The quantitative estimate of drug-likeness (QED) is 0.383. The molecule has 0 bridgehead atoms. The highest BCUT2D eigenvalue weighted by atomic mass is 127. The molecule has 1 amide bonds. The number of non-ortho nitro benzene ring substituents is 1. The first kappa shape index (κ1) is 19.2. The fourth-order valence-corrected chi connectivity index (χ4v) is 4.54. The predicted molar refractivity (Wildman–Crippen MR) is 110 cm³/mol. The lowest BCUT2D eigenvalue weighted by Gasteiger charge is -2.32. The van der Waals surface area contributed by atoms with Crippen LogP contribution in [0.15, 0.2) is 35.7 Å². The minimum Gasteiger partial charge on any atom is -0.352 e. The minimum atomic E-state index is -0.476. The van der Waals surface area contributed by atoms with Gasteiger partial charge in [0.15, 0.2) is 0 Å². The van der Waals surface area contributed by atoms with Gasteiger partial charge in [0.25, 0.3) is 11.6 Å². The lowest BCUT2D eigenvalue weighted by atomic mass is 9.98. The molecule has 8 heteroatoms. The van der Waals surface area contributed by atoms with E-state index in [1.54, 1.807) is 17.4 Å².